The summed E-state index contributed by atoms with van der Waals surface area (Å²) < 4.78 is 38.2. The number of aromatic nitrogens is 1. The molecule has 8 heteroatoms. The largest absolute Gasteiger partial charge is 0.496 e. The van der Waals surface area contributed by atoms with Crippen LogP contribution in [0.1, 0.15) is 5.76 Å². The molecule has 1 N–H and O–H groups in total. The van der Waals surface area contributed by atoms with Gasteiger partial charge in [0.1, 0.15) is 11.5 Å². The Bertz CT molecular complexity index is 1320. The number of halogens is 1. The molecule has 0 saturated carbocycles. The van der Waals surface area contributed by atoms with Gasteiger partial charge in [-0.05, 0) is 53.6 Å². The van der Waals surface area contributed by atoms with E-state index in [0.29, 0.717) is 16.5 Å². The van der Waals surface area contributed by atoms with Gasteiger partial charge in [0.05, 0.1) is 12.0 Å². The maximum absolute atomic E-state index is 12.7. The first-order valence-corrected chi connectivity index (χ1v) is 10.6. The zero-order chi connectivity index (χ0) is 20.6. The van der Waals surface area contributed by atoms with E-state index in [2.05, 4.69) is 9.88 Å². The smallest absolute Gasteiger partial charge is 0.263 e. The van der Waals surface area contributed by atoms with E-state index in [1.807, 2.05) is 24.3 Å². The van der Waals surface area contributed by atoms with Crippen LogP contribution < -0.4 is 9.46 Å². The van der Waals surface area contributed by atoms with Crippen LogP contribution in [-0.2, 0) is 10.0 Å². The van der Waals surface area contributed by atoms with Crippen molar-refractivity contribution >= 4 is 38.2 Å². The number of fused-ring (bicyclic) bond motifs is 1. The van der Waals surface area contributed by atoms with Crippen LogP contribution in [0.2, 0.25) is 5.02 Å². The summed E-state index contributed by atoms with van der Waals surface area (Å²) in [6.07, 6.45) is 0. The van der Waals surface area contributed by atoms with E-state index >= 15 is 0 Å². The van der Waals surface area contributed by atoms with Crippen molar-refractivity contribution in [1.82, 2.24) is 5.16 Å². The molecule has 0 fully saturated rings. The molecule has 1 aromatic heterocycles. The predicted octanol–water partition coefficient (Wildman–Crippen LogP) is 5.27. The Balaban J connectivity index is 1.79. The lowest BCUT2D eigenvalue weighted by atomic mass is 9.97. The molecule has 4 aromatic rings. The Hall–Kier alpha value is -3.03. The van der Waals surface area contributed by atoms with Crippen LogP contribution >= 0.6 is 11.6 Å². The Morgan fingerprint density at radius 1 is 1.03 bits per heavy atom. The number of methoxy groups -OCH3 is 1. The summed E-state index contributed by atoms with van der Waals surface area (Å²) in [5.74, 6) is 1.30. The molecule has 0 bridgehead atoms. The molecule has 4 rings (SSSR count). The van der Waals surface area contributed by atoms with Crippen molar-refractivity contribution in [2.75, 3.05) is 11.8 Å². The number of ether oxygens (including phenoxy) is 1. The van der Waals surface area contributed by atoms with Gasteiger partial charge in [-0.2, -0.15) is 0 Å². The summed E-state index contributed by atoms with van der Waals surface area (Å²) in [5.41, 5.74) is 1.79. The van der Waals surface area contributed by atoms with Gasteiger partial charge in [0, 0.05) is 16.7 Å². The van der Waals surface area contributed by atoms with Crippen molar-refractivity contribution in [2.45, 2.75) is 11.8 Å². The molecule has 0 saturated heterocycles. The molecule has 0 aliphatic rings. The highest BCUT2D eigenvalue weighted by molar-refractivity contribution is 7.92. The monoisotopic (exact) mass is 428 g/mol. The average Bonchev–Trinajstić information content (AvgIpc) is 3.11. The van der Waals surface area contributed by atoms with Gasteiger partial charge in [0.25, 0.3) is 10.0 Å². The summed E-state index contributed by atoms with van der Waals surface area (Å²) in [6, 6.07) is 17.6. The maximum atomic E-state index is 12.7. The minimum atomic E-state index is -3.80. The zero-order valence-electron chi connectivity index (χ0n) is 15.6. The van der Waals surface area contributed by atoms with Crippen molar-refractivity contribution in [3.05, 3.63) is 71.4 Å². The van der Waals surface area contributed by atoms with Gasteiger partial charge in [-0.3, -0.25) is 4.72 Å². The Morgan fingerprint density at radius 3 is 2.59 bits per heavy atom. The number of sulfonamides is 1. The van der Waals surface area contributed by atoms with Crippen LogP contribution in [0.15, 0.2) is 70.1 Å². The van der Waals surface area contributed by atoms with Crippen molar-refractivity contribution in [1.29, 1.82) is 0 Å². The number of rotatable bonds is 5. The minimum absolute atomic E-state index is 0.130. The van der Waals surface area contributed by atoms with Crippen molar-refractivity contribution < 1.29 is 17.7 Å². The normalized spacial score (nSPS) is 11.6. The molecular weight excluding hydrogens is 412 g/mol. The quantitative estimate of drug-likeness (QED) is 0.468. The lowest BCUT2D eigenvalue weighted by molar-refractivity contribution is 0.400. The predicted molar refractivity (Wildman–Crippen MR) is 113 cm³/mol. The fourth-order valence-electron chi connectivity index (χ4n) is 3.16. The lowest BCUT2D eigenvalue weighted by Crippen LogP contribution is -2.13. The standard InChI is InChI=1S/C21H17ClN2O4S/c1-13-10-21(23-28-13)24-29(25,26)16-7-9-17-14(11-16)4-3-5-18(17)19-8-6-15(22)12-20(19)27-2/h3-12H,1-2H3,(H,23,24). The molecule has 0 amide bonds. The van der Waals surface area contributed by atoms with Crippen LogP contribution in [-0.4, -0.2) is 20.7 Å². The van der Waals surface area contributed by atoms with E-state index in [-0.39, 0.29) is 10.7 Å². The van der Waals surface area contributed by atoms with Gasteiger partial charge >= 0.3 is 0 Å². The van der Waals surface area contributed by atoms with E-state index in [9.17, 15) is 8.42 Å². The molecule has 6 nitrogen and oxygen atoms in total. The van der Waals surface area contributed by atoms with Crippen molar-refractivity contribution in [3.63, 3.8) is 0 Å². The molecule has 3 aromatic carbocycles. The third-order valence-corrected chi connectivity index (χ3v) is 6.07. The SMILES string of the molecule is COc1cc(Cl)ccc1-c1cccc2cc(S(=O)(=O)Nc3cc(C)on3)ccc12. The van der Waals surface area contributed by atoms with Gasteiger partial charge in [0.15, 0.2) is 5.82 Å². The van der Waals surface area contributed by atoms with E-state index < -0.39 is 10.0 Å². The fraction of sp³-hybridized carbons (Fsp3) is 0.0952. The molecule has 0 radical (unpaired) electrons. The van der Waals surface area contributed by atoms with Gasteiger partial charge in [-0.1, -0.05) is 41.0 Å². The second-order valence-electron chi connectivity index (χ2n) is 6.46. The molecule has 0 spiro atoms. The van der Waals surface area contributed by atoms with E-state index in [1.165, 1.54) is 6.07 Å². The Kier molecular flexibility index (Phi) is 4.94. The molecule has 1 heterocycles. The third kappa shape index (κ3) is 3.79. The van der Waals surface area contributed by atoms with E-state index in [4.69, 9.17) is 20.9 Å². The van der Waals surface area contributed by atoms with Crippen LogP contribution in [0.25, 0.3) is 21.9 Å². The zero-order valence-corrected chi connectivity index (χ0v) is 17.2. The average molecular weight is 429 g/mol. The number of hydrogen-bond acceptors (Lipinski definition) is 5. The summed E-state index contributed by atoms with van der Waals surface area (Å²) >= 11 is 6.07. The molecule has 29 heavy (non-hydrogen) atoms. The summed E-state index contributed by atoms with van der Waals surface area (Å²) in [4.78, 5) is 0.130. The number of nitrogens with zero attached hydrogens (tertiary/aromatic N) is 1. The summed E-state index contributed by atoms with van der Waals surface area (Å²) in [5, 5.41) is 5.93. The highest BCUT2D eigenvalue weighted by atomic mass is 35.5. The lowest BCUT2D eigenvalue weighted by Gasteiger charge is -2.13. The number of benzene rings is 3. The number of hydrogen-bond donors (Lipinski definition) is 1. The topological polar surface area (TPSA) is 81.4 Å². The third-order valence-electron chi connectivity index (χ3n) is 4.48. The second kappa shape index (κ2) is 7.42. The highest BCUT2D eigenvalue weighted by Gasteiger charge is 2.18. The molecule has 0 atom stereocenters. The molecule has 0 unspecified atom stereocenters. The van der Waals surface area contributed by atoms with Gasteiger partial charge in [0.2, 0.25) is 0 Å². The van der Waals surface area contributed by atoms with Gasteiger partial charge in [-0.15, -0.1) is 0 Å². The van der Waals surface area contributed by atoms with Crippen LogP contribution in [0, 0.1) is 6.92 Å². The molecular formula is C21H17ClN2O4S. The second-order valence-corrected chi connectivity index (χ2v) is 8.58. The van der Waals surface area contributed by atoms with Crippen molar-refractivity contribution in [2.24, 2.45) is 0 Å². The van der Waals surface area contributed by atoms with E-state index in [0.717, 1.165) is 21.9 Å². The number of aryl methyl sites for hydroxylation is 1. The summed E-state index contributed by atoms with van der Waals surface area (Å²) in [6.45, 7) is 1.69. The molecule has 0 aliphatic carbocycles. The highest BCUT2D eigenvalue weighted by Crippen LogP contribution is 2.37. The number of anilines is 1. The van der Waals surface area contributed by atoms with Crippen LogP contribution in [0.4, 0.5) is 5.82 Å². The van der Waals surface area contributed by atoms with Gasteiger partial charge in [-0.25, -0.2) is 8.42 Å². The van der Waals surface area contributed by atoms with Crippen LogP contribution in [0.3, 0.4) is 0 Å². The number of nitrogens with one attached hydrogen (secondary N) is 1. The molecule has 0 aliphatic heterocycles. The van der Waals surface area contributed by atoms with Crippen LogP contribution in [0.5, 0.6) is 5.75 Å². The van der Waals surface area contributed by atoms with Gasteiger partial charge < -0.3 is 9.26 Å². The molecule has 148 valence electrons. The summed E-state index contributed by atoms with van der Waals surface area (Å²) in [7, 11) is -2.22. The first-order chi connectivity index (χ1) is 13.9. The fourth-order valence-corrected chi connectivity index (χ4v) is 4.34. The Morgan fingerprint density at radius 2 is 1.86 bits per heavy atom. The first-order valence-electron chi connectivity index (χ1n) is 8.70. The Labute approximate surface area is 173 Å². The first kappa shape index (κ1) is 19.3. The van der Waals surface area contributed by atoms with Crippen molar-refractivity contribution in [3.8, 4) is 16.9 Å². The minimum Gasteiger partial charge on any atom is -0.496 e. The van der Waals surface area contributed by atoms with E-state index in [1.54, 1.807) is 44.4 Å². The maximum Gasteiger partial charge on any atom is 0.263 e.